The molecule has 0 bridgehead atoms. The maximum absolute atomic E-state index is 11.4. The number of rotatable bonds is 6. The summed E-state index contributed by atoms with van der Waals surface area (Å²) in [7, 11) is 0. The Morgan fingerprint density at radius 3 is 2.87 bits per heavy atom. The van der Waals surface area contributed by atoms with Crippen molar-refractivity contribution in [3.63, 3.8) is 0 Å². The number of carbonyl (C=O) groups excluding carboxylic acids is 1. The molecule has 0 unspecified atom stereocenters. The first kappa shape index (κ1) is 15.0. The van der Waals surface area contributed by atoms with Crippen LogP contribution < -0.4 is 16.0 Å². The SMILES string of the molecule is C=CC(=O)Nc1cccc(Nc2nc(NC3CC3)ncc2C)c1. The van der Waals surface area contributed by atoms with Crippen LogP contribution >= 0.6 is 0 Å². The Kier molecular flexibility index (Phi) is 4.23. The van der Waals surface area contributed by atoms with Gasteiger partial charge in [-0.3, -0.25) is 4.79 Å². The van der Waals surface area contributed by atoms with Crippen LogP contribution in [0.4, 0.5) is 23.1 Å². The van der Waals surface area contributed by atoms with Crippen molar-refractivity contribution in [2.24, 2.45) is 0 Å². The standard InChI is InChI=1S/C17H19N5O/c1-3-15(23)19-13-5-4-6-14(9-13)20-16-11(2)10-18-17(22-16)21-12-7-8-12/h3-6,9-10,12H,1,7-8H2,2H3,(H,19,23)(H2,18,20,21,22). The van der Waals surface area contributed by atoms with Gasteiger partial charge in [0.25, 0.3) is 0 Å². The summed E-state index contributed by atoms with van der Waals surface area (Å²) in [5, 5.41) is 9.29. The molecule has 1 aliphatic rings. The molecule has 0 spiro atoms. The molecule has 1 aromatic heterocycles. The highest BCUT2D eigenvalue weighted by Crippen LogP contribution is 2.25. The molecule has 6 heteroatoms. The van der Waals surface area contributed by atoms with Crippen LogP contribution in [-0.2, 0) is 4.79 Å². The Hall–Kier alpha value is -2.89. The van der Waals surface area contributed by atoms with Crippen molar-refractivity contribution in [2.75, 3.05) is 16.0 Å². The number of hydrogen-bond acceptors (Lipinski definition) is 5. The van der Waals surface area contributed by atoms with Gasteiger partial charge < -0.3 is 16.0 Å². The van der Waals surface area contributed by atoms with Crippen LogP contribution in [0.5, 0.6) is 0 Å². The molecule has 1 aromatic carbocycles. The van der Waals surface area contributed by atoms with Gasteiger partial charge in [-0.1, -0.05) is 12.6 Å². The van der Waals surface area contributed by atoms with Gasteiger partial charge in [-0.2, -0.15) is 4.98 Å². The summed E-state index contributed by atoms with van der Waals surface area (Å²) < 4.78 is 0. The van der Waals surface area contributed by atoms with Crippen molar-refractivity contribution < 1.29 is 4.79 Å². The third-order valence-electron chi connectivity index (χ3n) is 3.46. The van der Waals surface area contributed by atoms with Gasteiger partial charge in [0.15, 0.2) is 0 Å². The highest BCUT2D eigenvalue weighted by molar-refractivity contribution is 5.99. The van der Waals surface area contributed by atoms with Crippen molar-refractivity contribution in [3.8, 4) is 0 Å². The highest BCUT2D eigenvalue weighted by atomic mass is 16.1. The number of nitrogens with one attached hydrogen (secondary N) is 3. The molecule has 1 heterocycles. The van der Waals surface area contributed by atoms with Gasteiger partial charge in [-0.15, -0.1) is 0 Å². The number of aryl methyl sites for hydroxylation is 1. The minimum Gasteiger partial charge on any atom is -0.351 e. The number of nitrogens with zero attached hydrogens (tertiary/aromatic N) is 2. The minimum atomic E-state index is -0.240. The summed E-state index contributed by atoms with van der Waals surface area (Å²) in [6.45, 7) is 5.40. The fourth-order valence-corrected chi connectivity index (χ4v) is 2.05. The molecule has 23 heavy (non-hydrogen) atoms. The van der Waals surface area contributed by atoms with Gasteiger partial charge in [-0.25, -0.2) is 4.98 Å². The Balaban J connectivity index is 1.76. The van der Waals surface area contributed by atoms with Crippen LogP contribution in [0.15, 0.2) is 43.1 Å². The zero-order valence-corrected chi connectivity index (χ0v) is 13.0. The third-order valence-corrected chi connectivity index (χ3v) is 3.46. The average molecular weight is 309 g/mol. The Labute approximate surface area is 135 Å². The quantitative estimate of drug-likeness (QED) is 0.714. The number of carbonyl (C=O) groups is 1. The van der Waals surface area contributed by atoms with Gasteiger partial charge in [0.05, 0.1) is 0 Å². The predicted molar refractivity (Wildman–Crippen MR) is 92.0 cm³/mol. The molecule has 0 aliphatic heterocycles. The highest BCUT2D eigenvalue weighted by Gasteiger charge is 2.22. The number of benzene rings is 1. The second-order valence-corrected chi connectivity index (χ2v) is 5.54. The Morgan fingerprint density at radius 2 is 2.13 bits per heavy atom. The van der Waals surface area contributed by atoms with E-state index in [-0.39, 0.29) is 5.91 Å². The van der Waals surface area contributed by atoms with Crippen LogP contribution in [0.2, 0.25) is 0 Å². The molecular formula is C17H19N5O. The molecule has 0 atom stereocenters. The topological polar surface area (TPSA) is 78.9 Å². The van der Waals surface area contributed by atoms with Crippen molar-refractivity contribution in [1.29, 1.82) is 0 Å². The molecule has 1 aliphatic carbocycles. The van der Waals surface area contributed by atoms with Crippen LogP contribution in [0.25, 0.3) is 0 Å². The van der Waals surface area contributed by atoms with E-state index in [4.69, 9.17) is 0 Å². The van der Waals surface area contributed by atoms with E-state index in [1.54, 1.807) is 6.20 Å². The molecule has 3 rings (SSSR count). The number of anilines is 4. The van der Waals surface area contributed by atoms with Crippen LogP contribution in [0, 0.1) is 6.92 Å². The first-order valence-corrected chi connectivity index (χ1v) is 7.55. The first-order valence-electron chi connectivity index (χ1n) is 7.55. The lowest BCUT2D eigenvalue weighted by molar-refractivity contribution is -0.111. The van der Waals surface area contributed by atoms with E-state index in [0.29, 0.717) is 17.7 Å². The van der Waals surface area contributed by atoms with Crippen molar-refractivity contribution in [3.05, 3.63) is 48.7 Å². The fourth-order valence-electron chi connectivity index (χ4n) is 2.05. The maximum Gasteiger partial charge on any atom is 0.247 e. The van der Waals surface area contributed by atoms with E-state index in [1.807, 2.05) is 31.2 Å². The molecular weight excluding hydrogens is 290 g/mol. The zero-order valence-electron chi connectivity index (χ0n) is 13.0. The lowest BCUT2D eigenvalue weighted by atomic mass is 10.2. The van der Waals surface area contributed by atoms with E-state index >= 15 is 0 Å². The molecule has 1 fully saturated rings. The molecule has 1 saturated carbocycles. The van der Waals surface area contributed by atoms with E-state index in [0.717, 1.165) is 17.1 Å². The van der Waals surface area contributed by atoms with Gasteiger partial charge in [0.2, 0.25) is 11.9 Å². The van der Waals surface area contributed by atoms with Crippen LogP contribution in [-0.4, -0.2) is 21.9 Å². The fraction of sp³-hybridized carbons (Fsp3) is 0.235. The monoisotopic (exact) mass is 309 g/mol. The summed E-state index contributed by atoms with van der Waals surface area (Å²) in [4.78, 5) is 20.2. The van der Waals surface area contributed by atoms with Gasteiger partial charge >= 0.3 is 0 Å². The Bertz CT molecular complexity index is 740. The summed E-state index contributed by atoms with van der Waals surface area (Å²) in [5.41, 5.74) is 2.49. The summed E-state index contributed by atoms with van der Waals surface area (Å²) in [6.07, 6.45) is 5.38. The summed E-state index contributed by atoms with van der Waals surface area (Å²) in [5.74, 6) is 1.14. The van der Waals surface area contributed by atoms with Crippen molar-refractivity contribution >= 4 is 29.0 Å². The van der Waals surface area contributed by atoms with E-state index in [9.17, 15) is 4.79 Å². The molecule has 3 N–H and O–H groups in total. The first-order chi connectivity index (χ1) is 11.1. The van der Waals surface area contributed by atoms with Gasteiger partial charge in [-0.05, 0) is 44.0 Å². The molecule has 118 valence electrons. The normalized spacial score (nSPS) is 13.3. The minimum absolute atomic E-state index is 0.240. The summed E-state index contributed by atoms with van der Waals surface area (Å²) in [6, 6.07) is 7.94. The van der Waals surface area contributed by atoms with E-state index < -0.39 is 0 Å². The molecule has 6 nitrogen and oxygen atoms in total. The van der Waals surface area contributed by atoms with E-state index in [1.165, 1.54) is 18.9 Å². The van der Waals surface area contributed by atoms with Crippen LogP contribution in [0.1, 0.15) is 18.4 Å². The molecule has 1 amide bonds. The average Bonchev–Trinajstić information content (AvgIpc) is 3.35. The molecule has 0 radical (unpaired) electrons. The maximum atomic E-state index is 11.4. The van der Waals surface area contributed by atoms with Crippen molar-refractivity contribution in [2.45, 2.75) is 25.8 Å². The lowest BCUT2D eigenvalue weighted by Gasteiger charge is -2.12. The van der Waals surface area contributed by atoms with Crippen molar-refractivity contribution in [1.82, 2.24) is 9.97 Å². The van der Waals surface area contributed by atoms with Gasteiger partial charge in [0, 0.05) is 29.2 Å². The smallest absolute Gasteiger partial charge is 0.247 e. The van der Waals surface area contributed by atoms with E-state index in [2.05, 4.69) is 32.5 Å². The van der Waals surface area contributed by atoms with Crippen LogP contribution in [0.3, 0.4) is 0 Å². The number of aromatic nitrogens is 2. The number of hydrogen-bond donors (Lipinski definition) is 3. The molecule has 0 saturated heterocycles. The molecule has 2 aromatic rings. The lowest BCUT2D eigenvalue weighted by Crippen LogP contribution is -2.08. The second kappa shape index (κ2) is 6.48. The van der Waals surface area contributed by atoms with Gasteiger partial charge in [0.1, 0.15) is 5.82 Å². The predicted octanol–water partition coefficient (Wildman–Crippen LogP) is 3.23. The Morgan fingerprint density at radius 1 is 1.35 bits per heavy atom. The largest absolute Gasteiger partial charge is 0.351 e. The third kappa shape index (κ3) is 4.06. The zero-order chi connectivity index (χ0) is 16.2. The summed E-state index contributed by atoms with van der Waals surface area (Å²) >= 11 is 0. The second-order valence-electron chi connectivity index (χ2n) is 5.54. The number of amides is 1.